The van der Waals surface area contributed by atoms with Gasteiger partial charge in [-0.25, -0.2) is 0 Å². The number of aromatic hydroxyl groups is 1. The molecule has 0 aliphatic rings. The van der Waals surface area contributed by atoms with Crippen LogP contribution >= 0.6 is 11.6 Å². The summed E-state index contributed by atoms with van der Waals surface area (Å²) in [6.07, 6.45) is 0. The fraction of sp³-hybridized carbons (Fsp3) is 0. The largest absolute Gasteiger partial charge is 0.504 e. The molecule has 1 aromatic rings. The van der Waals surface area contributed by atoms with Gasteiger partial charge in [-0.2, -0.15) is 15.8 Å². The van der Waals surface area contributed by atoms with E-state index in [0.29, 0.717) is 0 Å². The predicted molar refractivity (Wildman–Crippen MR) is 67.3 cm³/mol. The van der Waals surface area contributed by atoms with Crippen molar-refractivity contribution in [2.75, 3.05) is 5.32 Å². The van der Waals surface area contributed by atoms with E-state index in [9.17, 15) is 15.2 Å². The molecule has 0 amide bonds. The molecule has 0 aromatic heterocycles. The zero-order chi connectivity index (χ0) is 15.3. The first-order valence-electron chi connectivity index (χ1n) is 4.83. The van der Waals surface area contributed by atoms with Crippen LogP contribution < -0.4 is 5.32 Å². The molecule has 0 saturated carbocycles. The van der Waals surface area contributed by atoms with Gasteiger partial charge in [-0.3, -0.25) is 10.1 Å². The van der Waals surface area contributed by atoms with E-state index in [1.807, 2.05) is 0 Å². The Kier molecular flexibility index (Phi) is 4.47. The number of nitrogens with one attached hydrogen (secondary N) is 1. The van der Waals surface area contributed by atoms with Crippen LogP contribution in [0.15, 0.2) is 23.4 Å². The minimum absolute atomic E-state index is 0.260. The molecule has 20 heavy (non-hydrogen) atoms. The molecule has 0 unspecified atom stereocenters. The minimum atomic E-state index is -0.748. The molecule has 1 aromatic carbocycles. The molecule has 0 spiro atoms. The molecule has 0 radical (unpaired) electrons. The van der Waals surface area contributed by atoms with E-state index in [0.717, 1.165) is 12.1 Å². The molecule has 8 nitrogen and oxygen atoms in total. The smallest absolute Gasteiger partial charge is 0.273 e. The first-order chi connectivity index (χ1) is 9.44. The molecule has 0 bridgehead atoms. The van der Waals surface area contributed by atoms with Crippen molar-refractivity contribution in [1.29, 1.82) is 15.8 Å². The quantitative estimate of drug-likeness (QED) is 0.375. The van der Waals surface area contributed by atoms with Crippen LogP contribution in [0.5, 0.6) is 5.75 Å². The SMILES string of the molecule is N#CC(C#N)=C(C#N)Nc1cc([N+](=O)[O-])cc(Cl)c1O. The van der Waals surface area contributed by atoms with Crippen molar-refractivity contribution >= 4 is 23.0 Å². The number of hydrogen-bond acceptors (Lipinski definition) is 7. The zero-order valence-electron chi connectivity index (χ0n) is 9.59. The highest BCUT2D eigenvalue weighted by Gasteiger charge is 2.17. The van der Waals surface area contributed by atoms with E-state index in [4.69, 9.17) is 27.4 Å². The van der Waals surface area contributed by atoms with Crippen LogP contribution in [0.4, 0.5) is 11.4 Å². The number of phenols is 1. The summed E-state index contributed by atoms with van der Waals surface area (Å²) in [5, 5.41) is 48.4. The number of hydrogen-bond donors (Lipinski definition) is 2. The van der Waals surface area contributed by atoms with Crippen molar-refractivity contribution in [3.8, 4) is 24.0 Å². The van der Waals surface area contributed by atoms with E-state index in [2.05, 4.69) is 5.32 Å². The third kappa shape index (κ3) is 2.94. The number of nitrogens with zero attached hydrogens (tertiary/aromatic N) is 4. The highest BCUT2D eigenvalue weighted by atomic mass is 35.5. The van der Waals surface area contributed by atoms with Crippen molar-refractivity contribution in [2.45, 2.75) is 0 Å². The second-order valence-electron chi connectivity index (χ2n) is 3.29. The molecule has 0 aliphatic carbocycles. The maximum atomic E-state index is 10.7. The first kappa shape index (κ1) is 14.8. The molecule has 0 aliphatic heterocycles. The average molecular weight is 290 g/mol. The maximum absolute atomic E-state index is 10.7. The lowest BCUT2D eigenvalue weighted by Gasteiger charge is -2.08. The Morgan fingerprint density at radius 3 is 2.35 bits per heavy atom. The summed E-state index contributed by atoms with van der Waals surface area (Å²) >= 11 is 5.61. The lowest BCUT2D eigenvalue weighted by molar-refractivity contribution is -0.384. The number of nitro groups is 1. The summed E-state index contributed by atoms with van der Waals surface area (Å²) in [7, 11) is 0. The van der Waals surface area contributed by atoms with Crippen LogP contribution in [0.2, 0.25) is 5.02 Å². The standard InChI is InChI=1S/C11H4ClN5O3/c12-8-1-7(17(19)20)2-9(11(8)18)16-10(5-15)6(3-13)4-14/h1-2,16,18H. The summed E-state index contributed by atoms with van der Waals surface area (Å²) in [5.41, 5.74) is -1.68. The molecule has 98 valence electrons. The average Bonchev–Trinajstić information content (AvgIpc) is 2.42. The van der Waals surface area contributed by atoms with Crippen LogP contribution in [0.1, 0.15) is 0 Å². The number of non-ortho nitro benzene ring substituents is 1. The van der Waals surface area contributed by atoms with Gasteiger partial charge >= 0.3 is 0 Å². The number of nitriles is 3. The topological polar surface area (TPSA) is 147 Å². The highest BCUT2D eigenvalue weighted by molar-refractivity contribution is 6.32. The van der Waals surface area contributed by atoms with E-state index < -0.39 is 27.6 Å². The number of benzene rings is 1. The fourth-order valence-corrected chi connectivity index (χ4v) is 1.42. The van der Waals surface area contributed by atoms with Crippen molar-refractivity contribution in [3.05, 3.63) is 38.5 Å². The predicted octanol–water partition coefficient (Wildman–Crippen LogP) is 2.19. The lowest BCUT2D eigenvalue weighted by Crippen LogP contribution is -2.02. The van der Waals surface area contributed by atoms with Gasteiger partial charge in [0.25, 0.3) is 5.69 Å². The number of nitro benzene ring substituents is 1. The number of allylic oxidation sites excluding steroid dienone is 2. The third-order valence-corrected chi connectivity index (χ3v) is 2.39. The van der Waals surface area contributed by atoms with E-state index in [1.54, 1.807) is 6.07 Å². The van der Waals surface area contributed by atoms with E-state index >= 15 is 0 Å². The molecule has 0 heterocycles. The van der Waals surface area contributed by atoms with Crippen molar-refractivity contribution in [1.82, 2.24) is 0 Å². The van der Waals surface area contributed by atoms with Gasteiger partial charge in [0.05, 0.1) is 15.6 Å². The van der Waals surface area contributed by atoms with Gasteiger partial charge in [0.2, 0.25) is 0 Å². The summed E-state index contributed by atoms with van der Waals surface area (Å²) in [6.45, 7) is 0. The second kappa shape index (κ2) is 6.05. The van der Waals surface area contributed by atoms with Crippen LogP contribution in [0.3, 0.4) is 0 Å². The first-order valence-corrected chi connectivity index (χ1v) is 5.20. The monoisotopic (exact) mass is 289 g/mol. The van der Waals surface area contributed by atoms with Crippen LogP contribution in [0, 0.1) is 44.1 Å². The normalized spacial score (nSPS) is 8.70. The molecule has 0 saturated heterocycles. The summed E-state index contributed by atoms with van der Waals surface area (Å²) < 4.78 is 0. The molecular weight excluding hydrogens is 286 g/mol. The number of phenolic OH excluding ortho intramolecular Hbond substituents is 1. The van der Waals surface area contributed by atoms with Gasteiger partial charge in [-0.05, 0) is 0 Å². The van der Waals surface area contributed by atoms with Crippen molar-refractivity contribution in [3.63, 3.8) is 0 Å². The number of rotatable bonds is 3. The lowest BCUT2D eigenvalue weighted by atomic mass is 10.2. The van der Waals surface area contributed by atoms with Crippen molar-refractivity contribution in [2.24, 2.45) is 0 Å². The molecule has 1 rings (SSSR count). The Bertz CT molecular complexity index is 720. The Labute approximate surface area is 117 Å². The molecule has 2 N–H and O–H groups in total. The van der Waals surface area contributed by atoms with Gasteiger partial charge in [-0.1, -0.05) is 11.6 Å². The van der Waals surface area contributed by atoms with Crippen molar-refractivity contribution < 1.29 is 10.0 Å². The Balaban J connectivity index is 3.40. The van der Waals surface area contributed by atoms with E-state index in [1.165, 1.54) is 12.1 Å². The second-order valence-corrected chi connectivity index (χ2v) is 3.70. The van der Waals surface area contributed by atoms with Gasteiger partial charge in [0.15, 0.2) is 11.3 Å². The van der Waals surface area contributed by atoms with Gasteiger partial charge in [0, 0.05) is 12.1 Å². The molecule has 0 atom stereocenters. The third-order valence-electron chi connectivity index (χ3n) is 2.10. The summed E-state index contributed by atoms with van der Waals surface area (Å²) in [4.78, 5) is 9.93. The summed E-state index contributed by atoms with van der Waals surface area (Å²) in [6, 6.07) is 6.35. The molecular formula is C11H4ClN5O3. The Morgan fingerprint density at radius 2 is 1.90 bits per heavy atom. The number of anilines is 1. The van der Waals surface area contributed by atoms with Gasteiger partial charge in [-0.15, -0.1) is 0 Å². The maximum Gasteiger partial charge on any atom is 0.273 e. The van der Waals surface area contributed by atoms with Crippen LogP contribution in [-0.2, 0) is 0 Å². The summed E-state index contributed by atoms with van der Waals surface area (Å²) in [5.74, 6) is -0.541. The zero-order valence-corrected chi connectivity index (χ0v) is 10.3. The number of halogens is 1. The fourth-order valence-electron chi connectivity index (χ4n) is 1.20. The van der Waals surface area contributed by atoms with Crippen LogP contribution in [-0.4, -0.2) is 10.0 Å². The van der Waals surface area contributed by atoms with Crippen LogP contribution in [0.25, 0.3) is 0 Å². The highest BCUT2D eigenvalue weighted by Crippen LogP contribution is 2.36. The van der Waals surface area contributed by atoms with Gasteiger partial charge in [0.1, 0.15) is 23.9 Å². The van der Waals surface area contributed by atoms with Gasteiger partial charge < -0.3 is 10.4 Å². The minimum Gasteiger partial charge on any atom is -0.504 e. The molecule has 9 heteroatoms. The van der Waals surface area contributed by atoms with E-state index in [-0.39, 0.29) is 10.7 Å². The Morgan fingerprint density at radius 1 is 1.30 bits per heavy atom. The molecule has 0 fully saturated rings. The Hall–Kier alpha value is -3.28.